The summed E-state index contributed by atoms with van der Waals surface area (Å²) < 4.78 is 6.14. The number of hydrogen-bond donors (Lipinski definition) is 1. The number of ether oxygens (including phenoxy) is 1. The van der Waals surface area contributed by atoms with Gasteiger partial charge in [-0.2, -0.15) is 0 Å². The van der Waals surface area contributed by atoms with Gasteiger partial charge in [0.15, 0.2) is 0 Å². The van der Waals surface area contributed by atoms with Gasteiger partial charge in [0, 0.05) is 43.5 Å². The Morgan fingerprint density at radius 2 is 1.94 bits per heavy atom. The predicted molar refractivity (Wildman–Crippen MR) is 76.6 cm³/mol. The molecule has 0 bridgehead atoms. The second kappa shape index (κ2) is 8.50. The van der Waals surface area contributed by atoms with Crippen LogP contribution in [-0.2, 0) is 4.74 Å². The van der Waals surface area contributed by atoms with Crippen LogP contribution in [0.15, 0.2) is 28.7 Å². The first-order valence-corrected chi connectivity index (χ1v) is 6.68. The number of nitrogens with zero attached hydrogens (tertiary/aromatic N) is 1. The smallest absolute Gasteiger partial charge is 0.0474 e. The van der Waals surface area contributed by atoms with E-state index >= 15 is 0 Å². The van der Waals surface area contributed by atoms with Gasteiger partial charge >= 0.3 is 0 Å². The molecule has 0 amide bonds. The van der Waals surface area contributed by atoms with E-state index in [1.165, 1.54) is 5.69 Å². The van der Waals surface area contributed by atoms with Crippen LogP contribution >= 0.6 is 15.9 Å². The highest BCUT2D eigenvalue weighted by molar-refractivity contribution is 9.10. The van der Waals surface area contributed by atoms with Gasteiger partial charge in [-0.3, -0.25) is 0 Å². The highest BCUT2D eigenvalue weighted by atomic mass is 79.9. The van der Waals surface area contributed by atoms with Crippen LogP contribution in [0.5, 0.6) is 0 Å². The van der Waals surface area contributed by atoms with Crippen molar-refractivity contribution >= 4 is 21.6 Å². The fourth-order valence-corrected chi connectivity index (χ4v) is 1.81. The molecule has 0 saturated carbocycles. The van der Waals surface area contributed by atoms with Gasteiger partial charge < -0.3 is 15.0 Å². The van der Waals surface area contributed by atoms with Gasteiger partial charge in [-0.1, -0.05) is 15.9 Å². The number of benzene rings is 1. The van der Waals surface area contributed by atoms with Crippen molar-refractivity contribution < 1.29 is 4.74 Å². The van der Waals surface area contributed by atoms with Gasteiger partial charge in [0.05, 0.1) is 0 Å². The maximum atomic E-state index is 5.03. The molecule has 1 aromatic rings. The maximum Gasteiger partial charge on any atom is 0.0474 e. The Kier molecular flexibility index (Phi) is 7.24. The zero-order chi connectivity index (χ0) is 12.5. The average molecular weight is 301 g/mol. The summed E-state index contributed by atoms with van der Waals surface area (Å²) in [6.45, 7) is 3.92. The fraction of sp³-hybridized carbons (Fsp3) is 0.538. The van der Waals surface area contributed by atoms with Gasteiger partial charge in [0.1, 0.15) is 0 Å². The summed E-state index contributed by atoms with van der Waals surface area (Å²) in [5.41, 5.74) is 1.17. The second-order valence-electron chi connectivity index (χ2n) is 4.08. The van der Waals surface area contributed by atoms with Crippen molar-refractivity contribution in [1.29, 1.82) is 0 Å². The van der Waals surface area contributed by atoms with E-state index in [0.29, 0.717) is 0 Å². The number of halogens is 1. The molecule has 1 rings (SSSR count). The predicted octanol–water partition coefficient (Wildman–Crippen LogP) is 2.83. The normalized spacial score (nSPS) is 10.8. The topological polar surface area (TPSA) is 24.5 Å². The molecule has 96 valence electrons. The molecule has 0 spiro atoms. The van der Waals surface area contributed by atoms with E-state index in [-0.39, 0.29) is 0 Å². The van der Waals surface area contributed by atoms with E-state index < -0.39 is 0 Å². The van der Waals surface area contributed by atoms with Crippen molar-refractivity contribution in [2.75, 3.05) is 45.7 Å². The van der Waals surface area contributed by atoms with E-state index in [4.69, 9.17) is 4.74 Å². The van der Waals surface area contributed by atoms with Crippen LogP contribution in [-0.4, -0.2) is 45.3 Å². The molecule has 0 aliphatic rings. The molecule has 0 aromatic heterocycles. The molecule has 0 aliphatic heterocycles. The molecule has 0 atom stereocenters. The monoisotopic (exact) mass is 300 g/mol. The van der Waals surface area contributed by atoms with Gasteiger partial charge in [-0.05, 0) is 37.7 Å². The van der Waals surface area contributed by atoms with Crippen molar-refractivity contribution in [1.82, 2.24) is 4.90 Å². The zero-order valence-electron chi connectivity index (χ0n) is 10.6. The van der Waals surface area contributed by atoms with Gasteiger partial charge in [-0.25, -0.2) is 0 Å². The summed E-state index contributed by atoms with van der Waals surface area (Å²) >= 11 is 3.42. The minimum atomic E-state index is 0.838. The third kappa shape index (κ3) is 6.66. The van der Waals surface area contributed by atoms with Crippen molar-refractivity contribution in [3.05, 3.63) is 28.7 Å². The molecular weight excluding hydrogens is 280 g/mol. The third-order valence-electron chi connectivity index (χ3n) is 2.56. The molecule has 0 heterocycles. The molecular formula is C13H21BrN2O. The van der Waals surface area contributed by atoms with Crippen LogP contribution in [0.3, 0.4) is 0 Å². The first kappa shape index (κ1) is 14.5. The first-order chi connectivity index (χ1) is 8.22. The van der Waals surface area contributed by atoms with E-state index in [9.17, 15) is 0 Å². The minimum Gasteiger partial charge on any atom is -0.385 e. The van der Waals surface area contributed by atoms with Crippen LogP contribution in [0.4, 0.5) is 5.69 Å². The Balaban J connectivity index is 2.12. The summed E-state index contributed by atoms with van der Waals surface area (Å²) in [5.74, 6) is 0. The number of hydrogen-bond acceptors (Lipinski definition) is 3. The Morgan fingerprint density at radius 3 is 2.59 bits per heavy atom. The van der Waals surface area contributed by atoms with Gasteiger partial charge in [-0.15, -0.1) is 0 Å². The van der Waals surface area contributed by atoms with Crippen molar-refractivity contribution in [2.45, 2.75) is 6.42 Å². The van der Waals surface area contributed by atoms with Crippen molar-refractivity contribution in [2.24, 2.45) is 0 Å². The Hall–Kier alpha value is -0.580. The zero-order valence-corrected chi connectivity index (χ0v) is 12.2. The molecule has 3 nitrogen and oxygen atoms in total. The summed E-state index contributed by atoms with van der Waals surface area (Å²) in [5, 5.41) is 3.40. The van der Waals surface area contributed by atoms with Crippen LogP contribution < -0.4 is 5.32 Å². The van der Waals surface area contributed by atoms with Gasteiger partial charge in [0.25, 0.3) is 0 Å². The molecule has 0 aliphatic carbocycles. The van der Waals surface area contributed by atoms with E-state index in [1.807, 2.05) is 12.1 Å². The number of rotatable bonds is 8. The lowest BCUT2D eigenvalue weighted by molar-refractivity contribution is 0.180. The van der Waals surface area contributed by atoms with Crippen molar-refractivity contribution in [3.63, 3.8) is 0 Å². The van der Waals surface area contributed by atoms with E-state index in [1.54, 1.807) is 7.11 Å². The molecule has 0 unspecified atom stereocenters. The highest BCUT2D eigenvalue weighted by Crippen LogP contribution is 2.13. The molecule has 0 radical (unpaired) electrons. The average Bonchev–Trinajstić information content (AvgIpc) is 2.32. The summed E-state index contributed by atoms with van der Waals surface area (Å²) in [6.07, 6.45) is 1.09. The van der Waals surface area contributed by atoms with Crippen LogP contribution in [0.1, 0.15) is 6.42 Å². The minimum absolute atomic E-state index is 0.838. The maximum absolute atomic E-state index is 5.03. The molecule has 4 heteroatoms. The lowest BCUT2D eigenvalue weighted by atomic mass is 10.3. The molecule has 0 saturated heterocycles. The lowest BCUT2D eigenvalue weighted by Gasteiger charge is -2.17. The van der Waals surface area contributed by atoms with Gasteiger partial charge in [0.2, 0.25) is 0 Å². The number of anilines is 1. The van der Waals surface area contributed by atoms with Crippen LogP contribution in [0.25, 0.3) is 0 Å². The molecule has 1 aromatic carbocycles. The second-order valence-corrected chi connectivity index (χ2v) is 5.00. The summed E-state index contributed by atoms with van der Waals surface area (Å²) in [4.78, 5) is 2.31. The quantitative estimate of drug-likeness (QED) is 0.747. The highest BCUT2D eigenvalue weighted by Gasteiger charge is 1.98. The van der Waals surface area contributed by atoms with Crippen LogP contribution in [0.2, 0.25) is 0 Å². The third-order valence-corrected chi connectivity index (χ3v) is 3.08. The number of methoxy groups -OCH3 is 1. The Bertz CT molecular complexity index is 303. The first-order valence-electron chi connectivity index (χ1n) is 5.89. The summed E-state index contributed by atoms with van der Waals surface area (Å²) in [7, 11) is 3.88. The standard InChI is InChI=1S/C13H21BrN2O/c1-16(9-3-11-17-2)10-8-15-13-6-4-12(14)5-7-13/h4-7,15H,3,8-11H2,1-2H3. The number of likely N-dealkylation sites (N-methyl/N-ethyl adjacent to an activating group) is 1. The Morgan fingerprint density at radius 1 is 1.24 bits per heavy atom. The molecule has 0 fully saturated rings. The SMILES string of the molecule is COCCCN(C)CCNc1ccc(Br)cc1. The molecule has 17 heavy (non-hydrogen) atoms. The Labute approximate surface area is 112 Å². The van der Waals surface area contributed by atoms with E-state index in [2.05, 4.69) is 45.3 Å². The summed E-state index contributed by atoms with van der Waals surface area (Å²) in [6, 6.07) is 8.25. The molecule has 1 N–H and O–H groups in total. The largest absolute Gasteiger partial charge is 0.385 e. The van der Waals surface area contributed by atoms with E-state index in [0.717, 1.165) is 37.1 Å². The van der Waals surface area contributed by atoms with Crippen molar-refractivity contribution in [3.8, 4) is 0 Å². The number of nitrogens with one attached hydrogen (secondary N) is 1. The van der Waals surface area contributed by atoms with Crippen LogP contribution in [0, 0.1) is 0 Å². The fourth-order valence-electron chi connectivity index (χ4n) is 1.55. The lowest BCUT2D eigenvalue weighted by Crippen LogP contribution is -2.26.